The molecule has 1 aromatic heterocycles. The summed E-state index contributed by atoms with van der Waals surface area (Å²) in [7, 11) is 3.87. The Morgan fingerprint density at radius 3 is 2.81 bits per heavy atom. The minimum atomic E-state index is -0.634. The molecular weight excluding hydrogens is 266 g/mol. The van der Waals surface area contributed by atoms with Gasteiger partial charge in [-0.1, -0.05) is 18.2 Å². The number of likely N-dealkylation sites (N-methyl/N-ethyl adjacent to an activating group) is 1. The van der Waals surface area contributed by atoms with Gasteiger partial charge in [0.2, 0.25) is 0 Å². The summed E-state index contributed by atoms with van der Waals surface area (Å²) in [6.07, 6.45) is 0.483. The molecule has 0 spiro atoms. The van der Waals surface area contributed by atoms with Gasteiger partial charge >= 0.3 is 5.97 Å². The summed E-state index contributed by atoms with van der Waals surface area (Å²) in [4.78, 5) is 17.2. The standard InChI is InChI=1S/C16H23N3O2/c1-11-13(12-6-4-5-7-15(12)18-11)10-14(17)16(20)21-9-8-19(2)3/h4-7,14,18H,8-10,17H2,1-3H3/t14-/m0/s1. The number of hydrogen-bond acceptors (Lipinski definition) is 4. The molecule has 5 heteroatoms. The maximum atomic E-state index is 11.9. The van der Waals surface area contributed by atoms with E-state index < -0.39 is 6.04 Å². The number of carbonyl (C=O) groups is 1. The fourth-order valence-electron chi connectivity index (χ4n) is 2.34. The number of rotatable bonds is 6. The van der Waals surface area contributed by atoms with Crippen LogP contribution < -0.4 is 5.73 Å². The molecule has 0 saturated carbocycles. The predicted molar refractivity (Wildman–Crippen MR) is 84.2 cm³/mol. The molecule has 0 unspecified atom stereocenters. The zero-order chi connectivity index (χ0) is 15.4. The van der Waals surface area contributed by atoms with Crippen molar-refractivity contribution in [3.05, 3.63) is 35.5 Å². The highest BCUT2D eigenvalue weighted by Crippen LogP contribution is 2.22. The van der Waals surface area contributed by atoms with Crippen LogP contribution >= 0.6 is 0 Å². The van der Waals surface area contributed by atoms with Crippen LogP contribution in [0, 0.1) is 6.92 Å². The van der Waals surface area contributed by atoms with Crippen molar-refractivity contribution in [3.8, 4) is 0 Å². The number of aryl methyl sites for hydroxylation is 1. The summed E-state index contributed by atoms with van der Waals surface area (Å²) in [5, 5.41) is 1.12. The van der Waals surface area contributed by atoms with E-state index in [4.69, 9.17) is 10.5 Å². The smallest absolute Gasteiger partial charge is 0.323 e. The summed E-state index contributed by atoms with van der Waals surface area (Å²) in [6, 6.07) is 7.40. The van der Waals surface area contributed by atoms with E-state index >= 15 is 0 Å². The Balaban J connectivity index is 2.02. The Morgan fingerprint density at radius 1 is 1.38 bits per heavy atom. The molecule has 0 aliphatic rings. The molecule has 0 saturated heterocycles. The molecule has 1 aromatic carbocycles. The average Bonchev–Trinajstić information content (AvgIpc) is 2.74. The number of benzene rings is 1. The number of ether oxygens (including phenoxy) is 1. The first-order valence-electron chi connectivity index (χ1n) is 7.12. The first-order chi connectivity index (χ1) is 9.99. The molecule has 114 valence electrons. The van der Waals surface area contributed by atoms with Crippen LogP contribution in [-0.2, 0) is 16.0 Å². The number of para-hydroxylation sites is 1. The lowest BCUT2D eigenvalue weighted by molar-refractivity contribution is -0.145. The zero-order valence-corrected chi connectivity index (χ0v) is 12.8. The van der Waals surface area contributed by atoms with Gasteiger partial charge in [0.1, 0.15) is 12.6 Å². The molecule has 2 aromatic rings. The number of hydrogen-bond donors (Lipinski definition) is 2. The quantitative estimate of drug-likeness (QED) is 0.790. The molecule has 0 bridgehead atoms. The number of aromatic nitrogens is 1. The number of aromatic amines is 1. The molecular formula is C16H23N3O2. The van der Waals surface area contributed by atoms with Gasteiger partial charge in [-0.15, -0.1) is 0 Å². The summed E-state index contributed by atoms with van der Waals surface area (Å²) in [5.41, 5.74) is 9.19. The second-order valence-corrected chi connectivity index (χ2v) is 5.56. The molecule has 0 aliphatic carbocycles. The molecule has 0 amide bonds. The van der Waals surface area contributed by atoms with Crippen LogP contribution in [-0.4, -0.2) is 49.1 Å². The average molecular weight is 289 g/mol. The SMILES string of the molecule is Cc1[nH]c2ccccc2c1C[C@H](N)C(=O)OCCN(C)C. The highest BCUT2D eigenvalue weighted by molar-refractivity contribution is 5.85. The number of esters is 1. The normalized spacial score (nSPS) is 12.8. The number of carbonyl (C=O) groups excluding carboxylic acids is 1. The Kier molecular flexibility index (Phi) is 4.98. The van der Waals surface area contributed by atoms with Crippen LogP contribution in [0.15, 0.2) is 24.3 Å². The van der Waals surface area contributed by atoms with Crippen molar-refractivity contribution in [1.82, 2.24) is 9.88 Å². The Hall–Kier alpha value is -1.85. The molecule has 0 fully saturated rings. The van der Waals surface area contributed by atoms with Crippen molar-refractivity contribution in [2.24, 2.45) is 5.73 Å². The first kappa shape index (κ1) is 15.5. The van der Waals surface area contributed by atoms with Crippen molar-refractivity contribution in [2.75, 3.05) is 27.2 Å². The Labute approximate surface area is 125 Å². The van der Waals surface area contributed by atoms with Gasteiger partial charge in [-0.3, -0.25) is 4.79 Å². The monoisotopic (exact) mass is 289 g/mol. The van der Waals surface area contributed by atoms with E-state index in [2.05, 4.69) is 4.98 Å². The van der Waals surface area contributed by atoms with Crippen LogP contribution in [0.25, 0.3) is 10.9 Å². The van der Waals surface area contributed by atoms with E-state index in [1.165, 1.54) is 0 Å². The molecule has 5 nitrogen and oxygen atoms in total. The lowest BCUT2D eigenvalue weighted by Crippen LogP contribution is -2.35. The number of nitrogens with two attached hydrogens (primary N) is 1. The van der Waals surface area contributed by atoms with Crippen molar-refractivity contribution < 1.29 is 9.53 Å². The van der Waals surface area contributed by atoms with E-state index in [9.17, 15) is 4.79 Å². The molecule has 1 heterocycles. The van der Waals surface area contributed by atoms with Gasteiger partial charge in [0.05, 0.1) is 0 Å². The summed E-state index contributed by atoms with van der Waals surface area (Å²) in [5.74, 6) is -0.346. The number of nitrogens with zero attached hydrogens (tertiary/aromatic N) is 1. The van der Waals surface area contributed by atoms with Gasteiger partial charge in [-0.05, 0) is 32.6 Å². The minimum absolute atomic E-state index is 0.346. The Morgan fingerprint density at radius 2 is 2.10 bits per heavy atom. The Bertz CT molecular complexity index is 619. The van der Waals surface area contributed by atoms with Gasteiger partial charge in [0.15, 0.2) is 0 Å². The van der Waals surface area contributed by atoms with Crippen LogP contribution in [0.3, 0.4) is 0 Å². The van der Waals surface area contributed by atoms with E-state index in [0.717, 1.165) is 22.2 Å². The number of nitrogens with one attached hydrogen (secondary N) is 1. The second-order valence-electron chi connectivity index (χ2n) is 5.56. The van der Waals surface area contributed by atoms with Crippen molar-refractivity contribution in [3.63, 3.8) is 0 Å². The zero-order valence-electron chi connectivity index (χ0n) is 12.8. The highest BCUT2D eigenvalue weighted by atomic mass is 16.5. The van der Waals surface area contributed by atoms with E-state index in [1.54, 1.807) is 0 Å². The van der Waals surface area contributed by atoms with Crippen LogP contribution in [0.5, 0.6) is 0 Å². The molecule has 21 heavy (non-hydrogen) atoms. The lowest BCUT2D eigenvalue weighted by atomic mass is 10.0. The third-order valence-electron chi connectivity index (χ3n) is 3.54. The van der Waals surface area contributed by atoms with E-state index in [0.29, 0.717) is 19.6 Å². The van der Waals surface area contributed by atoms with E-state index in [1.807, 2.05) is 50.2 Å². The third-order valence-corrected chi connectivity index (χ3v) is 3.54. The summed E-state index contributed by atoms with van der Waals surface area (Å²) >= 11 is 0. The maximum absolute atomic E-state index is 11.9. The lowest BCUT2D eigenvalue weighted by Gasteiger charge is -2.14. The van der Waals surface area contributed by atoms with Gasteiger partial charge in [-0.2, -0.15) is 0 Å². The number of fused-ring (bicyclic) bond motifs is 1. The van der Waals surface area contributed by atoms with Gasteiger partial charge in [0, 0.05) is 29.6 Å². The second kappa shape index (κ2) is 6.74. The summed E-state index contributed by atoms with van der Waals surface area (Å²) in [6.45, 7) is 3.07. The molecule has 0 aliphatic heterocycles. The molecule has 0 radical (unpaired) electrons. The molecule has 2 rings (SSSR count). The fraction of sp³-hybridized carbons (Fsp3) is 0.438. The molecule has 3 N–H and O–H groups in total. The fourth-order valence-corrected chi connectivity index (χ4v) is 2.34. The van der Waals surface area contributed by atoms with Gasteiger partial charge in [-0.25, -0.2) is 0 Å². The maximum Gasteiger partial charge on any atom is 0.323 e. The van der Waals surface area contributed by atoms with Crippen molar-refractivity contribution in [1.29, 1.82) is 0 Å². The molecule has 1 atom stereocenters. The predicted octanol–water partition coefficient (Wildman–Crippen LogP) is 1.45. The minimum Gasteiger partial charge on any atom is -0.463 e. The van der Waals surface area contributed by atoms with Crippen LogP contribution in [0.2, 0.25) is 0 Å². The van der Waals surface area contributed by atoms with E-state index in [-0.39, 0.29) is 5.97 Å². The number of H-pyrrole nitrogens is 1. The van der Waals surface area contributed by atoms with Gasteiger partial charge in [0.25, 0.3) is 0 Å². The van der Waals surface area contributed by atoms with Gasteiger partial charge < -0.3 is 20.4 Å². The van der Waals surface area contributed by atoms with Crippen molar-refractivity contribution in [2.45, 2.75) is 19.4 Å². The highest BCUT2D eigenvalue weighted by Gasteiger charge is 2.19. The third kappa shape index (κ3) is 3.83. The van der Waals surface area contributed by atoms with Crippen molar-refractivity contribution >= 4 is 16.9 Å². The van der Waals surface area contributed by atoms with Crippen LogP contribution in [0.1, 0.15) is 11.3 Å². The largest absolute Gasteiger partial charge is 0.463 e. The topological polar surface area (TPSA) is 71.3 Å². The first-order valence-corrected chi connectivity index (χ1v) is 7.12. The summed E-state index contributed by atoms with van der Waals surface area (Å²) < 4.78 is 5.20. The van der Waals surface area contributed by atoms with Crippen LogP contribution in [0.4, 0.5) is 0 Å².